The van der Waals surface area contributed by atoms with E-state index in [1.807, 2.05) is 13.8 Å². The summed E-state index contributed by atoms with van der Waals surface area (Å²) in [7, 11) is 0. The van der Waals surface area contributed by atoms with Crippen molar-refractivity contribution in [3.8, 4) is 0 Å². The largest absolute Gasteiger partial charge is 0.353 e. The first-order valence-corrected chi connectivity index (χ1v) is 8.81. The molecule has 0 radical (unpaired) electrons. The van der Waals surface area contributed by atoms with Crippen molar-refractivity contribution in [3.05, 3.63) is 11.4 Å². The number of amides is 1. The Balaban J connectivity index is 2.62. The third-order valence-corrected chi connectivity index (χ3v) is 4.86. The zero-order valence-corrected chi connectivity index (χ0v) is 15.0. The average Bonchev–Trinajstić information content (AvgIpc) is 2.69. The van der Waals surface area contributed by atoms with E-state index in [2.05, 4.69) is 42.6 Å². The number of imidazole rings is 1. The van der Waals surface area contributed by atoms with Crippen LogP contribution in [0.1, 0.15) is 51.9 Å². The lowest BCUT2D eigenvalue weighted by Crippen LogP contribution is -2.37. The molecule has 1 rings (SSSR count). The number of carbonyl (C=O) groups excluding carboxylic acids is 1. The van der Waals surface area contributed by atoms with Gasteiger partial charge in [0.1, 0.15) is 0 Å². The van der Waals surface area contributed by atoms with Gasteiger partial charge < -0.3 is 9.88 Å². The van der Waals surface area contributed by atoms with E-state index in [4.69, 9.17) is 0 Å². The van der Waals surface area contributed by atoms with Crippen molar-refractivity contribution >= 4 is 17.7 Å². The average molecular weight is 311 g/mol. The van der Waals surface area contributed by atoms with Gasteiger partial charge in [0.15, 0.2) is 5.16 Å². The molecule has 21 heavy (non-hydrogen) atoms. The van der Waals surface area contributed by atoms with Gasteiger partial charge in [-0.1, -0.05) is 39.0 Å². The van der Waals surface area contributed by atoms with Gasteiger partial charge in [-0.25, -0.2) is 4.98 Å². The molecule has 0 fully saturated rings. The molecule has 0 saturated carbocycles. The smallest absolute Gasteiger partial charge is 0.230 e. The monoisotopic (exact) mass is 311 g/mol. The molecule has 1 atom stereocenters. The molecule has 0 aliphatic carbocycles. The molecular weight excluding hydrogens is 282 g/mol. The molecule has 0 bridgehead atoms. The third kappa shape index (κ3) is 5.38. The van der Waals surface area contributed by atoms with E-state index in [0.29, 0.717) is 11.7 Å². The fourth-order valence-electron chi connectivity index (χ4n) is 1.91. The predicted octanol–water partition coefficient (Wildman–Crippen LogP) is 3.55. The lowest BCUT2D eigenvalue weighted by atomic mass is 10.1. The molecule has 0 spiro atoms. The summed E-state index contributed by atoms with van der Waals surface area (Å²) in [4.78, 5) is 16.6. The van der Waals surface area contributed by atoms with Crippen LogP contribution in [0.25, 0.3) is 0 Å². The highest BCUT2D eigenvalue weighted by atomic mass is 32.2. The minimum Gasteiger partial charge on any atom is -0.353 e. The normalized spacial score (nSPS) is 12.7. The number of unbranched alkanes of at least 4 members (excludes halogenated alkanes) is 1. The second-order valence-corrected chi connectivity index (χ2v) is 6.90. The zero-order valence-electron chi connectivity index (χ0n) is 14.2. The van der Waals surface area contributed by atoms with Crippen LogP contribution in [0.5, 0.6) is 0 Å². The molecule has 120 valence electrons. The van der Waals surface area contributed by atoms with Gasteiger partial charge in [-0.05, 0) is 33.1 Å². The Morgan fingerprint density at radius 2 is 2.00 bits per heavy atom. The van der Waals surface area contributed by atoms with Crippen molar-refractivity contribution in [2.45, 2.75) is 72.1 Å². The molecule has 1 unspecified atom stereocenters. The van der Waals surface area contributed by atoms with Crippen LogP contribution in [0.3, 0.4) is 0 Å². The van der Waals surface area contributed by atoms with Crippen molar-refractivity contribution in [2.75, 3.05) is 5.75 Å². The Labute approximate surface area is 133 Å². The summed E-state index contributed by atoms with van der Waals surface area (Å²) in [5, 5.41) is 4.00. The summed E-state index contributed by atoms with van der Waals surface area (Å²) in [6, 6.07) is 0.210. The predicted molar refractivity (Wildman–Crippen MR) is 89.8 cm³/mol. The number of nitrogens with one attached hydrogen (secondary N) is 1. The zero-order chi connectivity index (χ0) is 16.0. The summed E-state index contributed by atoms with van der Waals surface area (Å²) in [5.41, 5.74) is 2.27. The van der Waals surface area contributed by atoms with Crippen molar-refractivity contribution in [3.63, 3.8) is 0 Å². The van der Waals surface area contributed by atoms with E-state index in [-0.39, 0.29) is 11.9 Å². The maximum atomic E-state index is 12.0. The van der Waals surface area contributed by atoms with Gasteiger partial charge in [0.25, 0.3) is 0 Å². The molecule has 1 aromatic heterocycles. The first-order chi connectivity index (χ1) is 9.86. The SMILES string of the molecule is CCCCn1c(SCC(=O)NC(C)C(C)C)nc(C)c1C. The lowest BCUT2D eigenvalue weighted by molar-refractivity contribution is -0.119. The van der Waals surface area contributed by atoms with E-state index >= 15 is 0 Å². The van der Waals surface area contributed by atoms with Crippen LogP contribution < -0.4 is 5.32 Å². The summed E-state index contributed by atoms with van der Waals surface area (Å²) in [6.45, 7) is 13.6. The first kappa shape index (κ1) is 18.1. The third-order valence-electron chi connectivity index (χ3n) is 3.88. The Hall–Kier alpha value is -0.970. The number of rotatable bonds is 8. The van der Waals surface area contributed by atoms with E-state index in [1.165, 1.54) is 17.5 Å². The van der Waals surface area contributed by atoms with Gasteiger partial charge in [0, 0.05) is 18.3 Å². The molecule has 0 aliphatic rings. The molecule has 1 aromatic rings. The van der Waals surface area contributed by atoms with E-state index in [9.17, 15) is 4.79 Å². The number of hydrogen-bond acceptors (Lipinski definition) is 3. The van der Waals surface area contributed by atoms with Gasteiger partial charge >= 0.3 is 0 Å². The fourth-order valence-corrected chi connectivity index (χ4v) is 2.83. The summed E-state index contributed by atoms with van der Waals surface area (Å²) in [5.74, 6) is 0.968. The summed E-state index contributed by atoms with van der Waals surface area (Å²) >= 11 is 1.53. The van der Waals surface area contributed by atoms with Crippen LogP contribution in [-0.2, 0) is 11.3 Å². The van der Waals surface area contributed by atoms with Crippen molar-refractivity contribution in [1.29, 1.82) is 0 Å². The van der Waals surface area contributed by atoms with Crippen molar-refractivity contribution in [1.82, 2.24) is 14.9 Å². The quantitative estimate of drug-likeness (QED) is 0.747. The number of aromatic nitrogens is 2. The molecule has 1 amide bonds. The molecule has 1 N–H and O–H groups in total. The van der Waals surface area contributed by atoms with Gasteiger partial charge in [0.2, 0.25) is 5.91 Å². The molecule has 0 aromatic carbocycles. The van der Waals surface area contributed by atoms with Crippen molar-refractivity contribution < 1.29 is 4.79 Å². The highest BCUT2D eigenvalue weighted by Gasteiger charge is 2.15. The van der Waals surface area contributed by atoms with Crippen LogP contribution in [0.15, 0.2) is 5.16 Å². The van der Waals surface area contributed by atoms with Crippen LogP contribution in [0, 0.1) is 19.8 Å². The Kier molecular flexibility index (Phi) is 7.29. The summed E-state index contributed by atoms with van der Waals surface area (Å²) in [6.07, 6.45) is 2.30. The Morgan fingerprint density at radius 1 is 1.33 bits per heavy atom. The number of aryl methyl sites for hydroxylation is 1. The second-order valence-electron chi connectivity index (χ2n) is 5.96. The second kappa shape index (κ2) is 8.47. The van der Waals surface area contributed by atoms with Crippen LogP contribution in [0.4, 0.5) is 0 Å². The van der Waals surface area contributed by atoms with Gasteiger partial charge in [0.05, 0.1) is 11.4 Å². The topological polar surface area (TPSA) is 46.9 Å². The molecular formula is C16H29N3OS. The molecule has 0 saturated heterocycles. The molecule has 4 nitrogen and oxygen atoms in total. The minimum absolute atomic E-state index is 0.0848. The highest BCUT2D eigenvalue weighted by Crippen LogP contribution is 2.21. The maximum Gasteiger partial charge on any atom is 0.230 e. The van der Waals surface area contributed by atoms with E-state index < -0.39 is 0 Å². The number of carbonyl (C=O) groups is 1. The van der Waals surface area contributed by atoms with Gasteiger partial charge in [-0.3, -0.25) is 4.79 Å². The number of thioether (sulfide) groups is 1. The highest BCUT2D eigenvalue weighted by molar-refractivity contribution is 7.99. The number of nitrogens with zero attached hydrogens (tertiary/aromatic N) is 2. The maximum absolute atomic E-state index is 12.0. The standard InChI is InChI=1S/C16H29N3OS/c1-7-8-9-19-14(6)13(5)18-16(19)21-10-15(20)17-12(4)11(2)3/h11-12H,7-10H2,1-6H3,(H,17,20). The van der Waals surface area contributed by atoms with Crippen molar-refractivity contribution in [2.24, 2.45) is 5.92 Å². The van der Waals surface area contributed by atoms with Gasteiger partial charge in [-0.15, -0.1) is 0 Å². The van der Waals surface area contributed by atoms with Crippen LogP contribution in [-0.4, -0.2) is 27.3 Å². The summed E-state index contributed by atoms with van der Waals surface area (Å²) < 4.78 is 2.24. The molecule has 1 heterocycles. The van der Waals surface area contributed by atoms with Crippen LogP contribution in [0.2, 0.25) is 0 Å². The number of hydrogen-bond donors (Lipinski definition) is 1. The lowest BCUT2D eigenvalue weighted by Gasteiger charge is -2.17. The molecule has 5 heteroatoms. The fraction of sp³-hybridized carbons (Fsp3) is 0.750. The van der Waals surface area contributed by atoms with Crippen LogP contribution >= 0.6 is 11.8 Å². The van der Waals surface area contributed by atoms with E-state index in [0.717, 1.165) is 30.2 Å². The Bertz CT molecular complexity index is 468. The van der Waals surface area contributed by atoms with E-state index in [1.54, 1.807) is 0 Å². The Morgan fingerprint density at radius 3 is 2.57 bits per heavy atom. The molecule has 0 aliphatic heterocycles. The minimum atomic E-state index is 0.0848. The van der Waals surface area contributed by atoms with Gasteiger partial charge in [-0.2, -0.15) is 0 Å². The first-order valence-electron chi connectivity index (χ1n) is 7.82.